The van der Waals surface area contributed by atoms with E-state index in [0.717, 1.165) is 32.8 Å². The van der Waals surface area contributed by atoms with Crippen LogP contribution in [0.5, 0.6) is 23.0 Å². The number of guanidine groups is 1. The number of amides is 1. The van der Waals surface area contributed by atoms with E-state index in [1.54, 1.807) is 44.6 Å². The van der Waals surface area contributed by atoms with Crippen LogP contribution in [-0.2, 0) is 4.74 Å². The van der Waals surface area contributed by atoms with Crippen molar-refractivity contribution in [3.63, 3.8) is 0 Å². The van der Waals surface area contributed by atoms with Crippen molar-refractivity contribution < 1.29 is 28.5 Å². The topological polar surface area (TPSA) is 103 Å². The molecule has 10 nitrogen and oxygen atoms in total. The molecule has 0 bridgehead atoms. The maximum Gasteiger partial charge on any atom is 0.258 e. The summed E-state index contributed by atoms with van der Waals surface area (Å²) in [5, 5.41) is 6.04. The first kappa shape index (κ1) is 22.7. The third-order valence-corrected chi connectivity index (χ3v) is 5.30. The van der Waals surface area contributed by atoms with Crippen molar-refractivity contribution in [1.29, 1.82) is 0 Å². The summed E-state index contributed by atoms with van der Waals surface area (Å²) in [6.07, 6.45) is 0. The largest absolute Gasteiger partial charge is 0.493 e. The van der Waals surface area contributed by atoms with Crippen LogP contribution >= 0.6 is 0 Å². The Balaban J connectivity index is 1.48. The van der Waals surface area contributed by atoms with Gasteiger partial charge in [0.05, 0.1) is 34.0 Å². The minimum Gasteiger partial charge on any atom is -0.493 e. The summed E-state index contributed by atoms with van der Waals surface area (Å²) in [6, 6.07) is 10.4. The lowest BCUT2D eigenvalue weighted by Crippen LogP contribution is -2.39. The molecule has 0 radical (unpaired) electrons. The fraction of sp³-hybridized carbons (Fsp3) is 0.391. The lowest BCUT2D eigenvalue weighted by Gasteiger charge is -2.25. The van der Waals surface area contributed by atoms with Crippen molar-refractivity contribution in [2.45, 2.75) is 0 Å². The molecule has 0 aromatic heterocycles. The summed E-state index contributed by atoms with van der Waals surface area (Å²) in [4.78, 5) is 19.8. The second kappa shape index (κ2) is 10.9. The van der Waals surface area contributed by atoms with Gasteiger partial charge in [0, 0.05) is 37.0 Å². The monoisotopic (exact) mass is 456 g/mol. The van der Waals surface area contributed by atoms with Crippen molar-refractivity contribution in [3.05, 3.63) is 42.0 Å². The Hall–Kier alpha value is -3.50. The van der Waals surface area contributed by atoms with E-state index in [-0.39, 0.29) is 12.7 Å². The highest BCUT2D eigenvalue weighted by Gasteiger charge is 2.18. The van der Waals surface area contributed by atoms with Gasteiger partial charge in [0.2, 0.25) is 12.8 Å². The molecule has 0 saturated carbocycles. The van der Waals surface area contributed by atoms with E-state index in [0.29, 0.717) is 46.8 Å². The van der Waals surface area contributed by atoms with E-state index in [1.807, 2.05) is 6.07 Å². The maximum atomic E-state index is 12.9. The number of morpholine rings is 1. The van der Waals surface area contributed by atoms with Crippen molar-refractivity contribution in [3.8, 4) is 23.0 Å². The highest BCUT2D eigenvalue weighted by molar-refractivity contribution is 6.10. The van der Waals surface area contributed by atoms with Gasteiger partial charge in [-0.25, -0.2) is 0 Å². The van der Waals surface area contributed by atoms with Gasteiger partial charge in [0.15, 0.2) is 23.0 Å². The first-order valence-corrected chi connectivity index (χ1v) is 10.7. The Morgan fingerprint density at radius 2 is 1.82 bits per heavy atom. The minimum absolute atomic E-state index is 0.148. The van der Waals surface area contributed by atoms with Gasteiger partial charge < -0.3 is 29.0 Å². The molecule has 2 N–H and O–H groups in total. The standard InChI is InChI=1S/C23H28N4O6/c1-29-18-6-4-17(14-20(18)30-2)25-23(24-7-8-27-9-11-31-12-10-27)26-22(28)16-3-5-19-21(13-16)33-15-32-19/h3-6,13-14H,7-12,15H2,1-2H3,(H2,24,25,26,28). The Morgan fingerprint density at radius 3 is 2.61 bits per heavy atom. The van der Waals surface area contributed by atoms with Gasteiger partial charge in [-0.1, -0.05) is 0 Å². The molecule has 0 atom stereocenters. The minimum atomic E-state index is -0.314. The number of aliphatic imine (C=N–C) groups is 1. The summed E-state index contributed by atoms with van der Waals surface area (Å²) in [6.45, 7) is 4.62. The van der Waals surface area contributed by atoms with Crippen LogP contribution in [0.3, 0.4) is 0 Å². The average Bonchev–Trinajstić information content (AvgIpc) is 3.32. The lowest BCUT2D eigenvalue weighted by atomic mass is 10.2. The fourth-order valence-corrected chi connectivity index (χ4v) is 3.51. The van der Waals surface area contributed by atoms with E-state index in [2.05, 4.69) is 20.5 Å². The van der Waals surface area contributed by atoms with Gasteiger partial charge >= 0.3 is 0 Å². The number of methoxy groups -OCH3 is 2. The smallest absolute Gasteiger partial charge is 0.258 e. The predicted octanol–water partition coefficient (Wildman–Crippen LogP) is 1.96. The zero-order chi connectivity index (χ0) is 23.0. The second-order valence-electron chi connectivity index (χ2n) is 7.40. The zero-order valence-electron chi connectivity index (χ0n) is 18.8. The van der Waals surface area contributed by atoms with Crippen molar-refractivity contribution in [2.24, 2.45) is 4.99 Å². The van der Waals surface area contributed by atoms with Crippen molar-refractivity contribution in [2.75, 3.05) is 65.7 Å². The van der Waals surface area contributed by atoms with Crippen LogP contribution in [0, 0.1) is 0 Å². The van der Waals surface area contributed by atoms with E-state index < -0.39 is 0 Å². The van der Waals surface area contributed by atoms with E-state index in [4.69, 9.17) is 23.7 Å². The van der Waals surface area contributed by atoms with Gasteiger partial charge in [-0.05, 0) is 30.3 Å². The first-order valence-electron chi connectivity index (χ1n) is 10.7. The third kappa shape index (κ3) is 5.85. The summed E-state index contributed by atoms with van der Waals surface area (Å²) in [7, 11) is 3.15. The Kier molecular flexibility index (Phi) is 7.48. The third-order valence-electron chi connectivity index (χ3n) is 5.30. The van der Waals surface area contributed by atoms with Gasteiger partial charge in [-0.2, -0.15) is 0 Å². The van der Waals surface area contributed by atoms with Gasteiger partial charge in [0.1, 0.15) is 0 Å². The Morgan fingerprint density at radius 1 is 1.03 bits per heavy atom. The molecule has 2 aromatic carbocycles. The molecule has 0 spiro atoms. The number of anilines is 1. The molecule has 1 fully saturated rings. The number of fused-ring (bicyclic) bond motifs is 1. The summed E-state index contributed by atoms with van der Waals surface area (Å²) < 4.78 is 26.8. The summed E-state index contributed by atoms with van der Waals surface area (Å²) in [5.41, 5.74) is 1.14. The van der Waals surface area contributed by atoms with Crippen LogP contribution in [0.25, 0.3) is 0 Å². The molecule has 2 heterocycles. The molecule has 2 aromatic rings. The zero-order valence-corrected chi connectivity index (χ0v) is 18.8. The summed E-state index contributed by atoms with van der Waals surface area (Å²) in [5.74, 6) is 2.36. The highest BCUT2D eigenvalue weighted by atomic mass is 16.7. The number of hydrogen-bond acceptors (Lipinski definition) is 8. The van der Waals surface area contributed by atoms with E-state index >= 15 is 0 Å². The van der Waals surface area contributed by atoms with E-state index in [9.17, 15) is 4.79 Å². The van der Waals surface area contributed by atoms with Crippen LogP contribution in [0.1, 0.15) is 10.4 Å². The van der Waals surface area contributed by atoms with Gasteiger partial charge in [-0.15, -0.1) is 0 Å². The van der Waals surface area contributed by atoms with Crippen LogP contribution in [0.15, 0.2) is 41.4 Å². The molecule has 2 aliphatic heterocycles. The average molecular weight is 456 g/mol. The predicted molar refractivity (Wildman–Crippen MR) is 123 cm³/mol. The van der Waals surface area contributed by atoms with Crippen LogP contribution in [0.2, 0.25) is 0 Å². The number of nitrogens with one attached hydrogen (secondary N) is 2. The van der Waals surface area contributed by atoms with Gasteiger partial charge in [0.25, 0.3) is 5.91 Å². The molecular weight excluding hydrogens is 428 g/mol. The molecule has 33 heavy (non-hydrogen) atoms. The normalized spacial score (nSPS) is 15.8. The molecule has 10 heteroatoms. The molecular formula is C23H28N4O6. The number of carbonyl (C=O) groups is 1. The fourth-order valence-electron chi connectivity index (χ4n) is 3.51. The van der Waals surface area contributed by atoms with Crippen LogP contribution in [-0.4, -0.2) is 77.2 Å². The Labute approximate surface area is 192 Å². The molecule has 1 amide bonds. The van der Waals surface area contributed by atoms with Crippen molar-refractivity contribution in [1.82, 2.24) is 10.2 Å². The lowest BCUT2D eigenvalue weighted by molar-refractivity contribution is 0.0394. The number of benzene rings is 2. The van der Waals surface area contributed by atoms with Crippen LogP contribution < -0.4 is 29.6 Å². The Bertz CT molecular complexity index is 1010. The SMILES string of the molecule is COc1ccc(NC(=NCCN2CCOCC2)NC(=O)c2ccc3c(c2)OCO3)cc1OC. The highest BCUT2D eigenvalue weighted by Crippen LogP contribution is 2.32. The van der Waals surface area contributed by atoms with Crippen molar-refractivity contribution >= 4 is 17.6 Å². The van der Waals surface area contributed by atoms with Crippen LogP contribution in [0.4, 0.5) is 5.69 Å². The van der Waals surface area contributed by atoms with E-state index in [1.165, 1.54) is 0 Å². The molecule has 2 aliphatic rings. The number of ether oxygens (including phenoxy) is 5. The number of carbonyl (C=O) groups excluding carboxylic acids is 1. The number of nitrogens with zero attached hydrogens (tertiary/aromatic N) is 2. The number of hydrogen-bond donors (Lipinski definition) is 2. The molecule has 176 valence electrons. The molecule has 4 rings (SSSR count). The quantitative estimate of drug-likeness (QED) is 0.482. The summed E-state index contributed by atoms with van der Waals surface area (Å²) >= 11 is 0. The molecule has 1 saturated heterocycles. The van der Waals surface area contributed by atoms with Gasteiger partial charge in [-0.3, -0.25) is 20.0 Å². The second-order valence-corrected chi connectivity index (χ2v) is 7.40. The molecule has 0 aliphatic carbocycles. The number of rotatable bonds is 7. The maximum absolute atomic E-state index is 12.9. The molecule has 0 unspecified atom stereocenters. The first-order chi connectivity index (χ1) is 16.2.